The van der Waals surface area contributed by atoms with Crippen LogP contribution in [0.25, 0.3) is 0 Å². The number of hydrogen-bond donors (Lipinski definition) is 0. The van der Waals surface area contributed by atoms with E-state index in [1.807, 2.05) is 18.4 Å². The minimum atomic E-state index is -0.404. The summed E-state index contributed by atoms with van der Waals surface area (Å²) in [5.74, 6) is 0.634. The molecule has 15 heavy (non-hydrogen) atoms. The largest absolute Gasteiger partial charge is 0.460 e. The van der Waals surface area contributed by atoms with Crippen molar-refractivity contribution in [3.8, 4) is 0 Å². The van der Waals surface area contributed by atoms with Gasteiger partial charge in [0, 0.05) is 6.04 Å². The summed E-state index contributed by atoms with van der Waals surface area (Å²) in [5, 5.41) is 7.74. The second-order valence-electron chi connectivity index (χ2n) is 3.42. The third kappa shape index (κ3) is 2.34. The van der Waals surface area contributed by atoms with Crippen molar-refractivity contribution in [3.63, 3.8) is 0 Å². The molecule has 5 heteroatoms. The summed E-state index contributed by atoms with van der Waals surface area (Å²) in [7, 11) is 0. The Kier molecular flexibility index (Phi) is 3.82. The third-order valence-corrected chi connectivity index (χ3v) is 2.36. The van der Waals surface area contributed by atoms with Crippen LogP contribution in [-0.4, -0.2) is 27.3 Å². The van der Waals surface area contributed by atoms with Crippen molar-refractivity contribution >= 4 is 5.97 Å². The first-order valence-corrected chi connectivity index (χ1v) is 5.20. The van der Waals surface area contributed by atoms with Gasteiger partial charge in [0.05, 0.1) is 6.61 Å². The van der Waals surface area contributed by atoms with E-state index >= 15 is 0 Å². The number of nitrogens with zero attached hydrogens (tertiary/aromatic N) is 3. The number of ether oxygens (including phenoxy) is 1. The maximum atomic E-state index is 11.6. The van der Waals surface area contributed by atoms with Gasteiger partial charge in [-0.1, -0.05) is 6.92 Å². The monoisotopic (exact) mass is 211 g/mol. The Morgan fingerprint density at radius 1 is 1.47 bits per heavy atom. The zero-order valence-electron chi connectivity index (χ0n) is 9.65. The first-order valence-electron chi connectivity index (χ1n) is 5.20. The van der Waals surface area contributed by atoms with Gasteiger partial charge in [0.1, 0.15) is 5.82 Å². The van der Waals surface area contributed by atoms with Crippen molar-refractivity contribution in [1.29, 1.82) is 0 Å². The minimum absolute atomic E-state index is 0.208. The van der Waals surface area contributed by atoms with Gasteiger partial charge in [-0.05, 0) is 27.2 Å². The molecule has 0 fully saturated rings. The quantitative estimate of drug-likeness (QED) is 0.712. The van der Waals surface area contributed by atoms with Crippen molar-refractivity contribution in [2.45, 2.75) is 40.2 Å². The Balaban J connectivity index is 3.03. The summed E-state index contributed by atoms with van der Waals surface area (Å²) in [6.07, 6.45) is 0.922. The number of aryl methyl sites for hydroxylation is 1. The van der Waals surface area contributed by atoms with Crippen LogP contribution in [0.15, 0.2) is 0 Å². The van der Waals surface area contributed by atoms with Gasteiger partial charge in [0.2, 0.25) is 5.82 Å². The Labute approximate surface area is 89.5 Å². The number of carbonyl (C=O) groups excluding carboxylic acids is 1. The van der Waals surface area contributed by atoms with Crippen molar-refractivity contribution in [1.82, 2.24) is 14.8 Å². The van der Waals surface area contributed by atoms with Crippen LogP contribution in [0.4, 0.5) is 0 Å². The van der Waals surface area contributed by atoms with Crippen LogP contribution in [0.5, 0.6) is 0 Å². The molecule has 84 valence electrons. The third-order valence-electron chi connectivity index (χ3n) is 2.36. The Hall–Kier alpha value is -1.39. The Bertz CT molecular complexity index is 346. The molecule has 5 nitrogen and oxygen atoms in total. The molecule has 1 rings (SSSR count). The molecule has 0 aliphatic carbocycles. The first-order chi connectivity index (χ1) is 7.11. The maximum Gasteiger partial charge on any atom is 0.376 e. The van der Waals surface area contributed by atoms with Gasteiger partial charge in [-0.15, -0.1) is 10.2 Å². The zero-order chi connectivity index (χ0) is 11.4. The molecule has 0 aromatic carbocycles. The average Bonchev–Trinajstić information content (AvgIpc) is 2.59. The molecule has 0 saturated carbocycles. The van der Waals surface area contributed by atoms with Crippen LogP contribution < -0.4 is 0 Å². The van der Waals surface area contributed by atoms with Crippen molar-refractivity contribution in [3.05, 3.63) is 11.6 Å². The van der Waals surface area contributed by atoms with Crippen LogP contribution in [0.1, 0.15) is 49.7 Å². The van der Waals surface area contributed by atoms with Gasteiger partial charge in [0.15, 0.2) is 0 Å². The van der Waals surface area contributed by atoms with Gasteiger partial charge in [0.25, 0.3) is 0 Å². The second-order valence-corrected chi connectivity index (χ2v) is 3.42. The predicted octanol–water partition coefficient (Wildman–Crippen LogP) is 1.73. The van der Waals surface area contributed by atoms with Crippen molar-refractivity contribution in [2.24, 2.45) is 0 Å². The predicted molar refractivity (Wildman–Crippen MR) is 55.7 cm³/mol. The molecule has 1 unspecified atom stereocenters. The van der Waals surface area contributed by atoms with E-state index in [0.717, 1.165) is 12.2 Å². The van der Waals surface area contributed by atoms with Gasteiger partial charge >= 0.3 is 5.97 Å². The fraction of sp³-hybridized carbons (Fsp3) is 0.700. The van der Waals surface area contributed by atoms with Gasteiger partial charge in [-0.25, -0.2) is 4.79 Å². The van der Waals surface area contributed by atoms with E-state index in [1.165, 1.54) is 0 Å². The fourth-order valence-corrected chi connectivity index (χ4v) is 1.41. The lowest BCUT2D eigenvalue weighted by Crippen LogP contribution is -2.17. The van der Waals surface area contributed by atoms with E-state index in [2.05, 4.69) is 17.1 Å². The number of rotatable bonds is 4. The second kappa shape index (κ2) is 4.91. The maximum absolute atomic E-state index is 11.6. The lowest BCUT2D eigenvalue weighted by atomic mass is 10.2. The number of hydrogen-bond acceptors (Lipinski definition) is 4. The van der Waals surface area contributed by atoms with E-state index in [1.54, 1.807) is 6.92 Å². The summed E-state index contributed by atoms with van der Waals surface area (Å²) in [5.41, 5.74) is 0. The summed E-state index contributed by atoms with van der Waals surface area (Å²) in [6.45, 7) is 8.04. The van der Waals surface area contributed by atoms with E-state index < -0.39 is 5.97 Å². The normalized spacial score (nSPS) is 12.5. The Morgan fingerprint density at radius 2 is 2.13 bits per heavy atom. The number of carbonyl (C=O) groups is 1. The van der Waals surface area contributed by atoms with Crippen molar-refractivity contribution < 1.29 is 9.53 Å². The zero-order valence-corrected chi connectivity index (χ0v) is 9.65. The highest BCUT2D eigenvalue weighted by Gasteiger charge is 2.20. The highest BCUT2D eigenvalue weighted by Crippen LogP contribution is 2.15. The van der Waals surface area contributed by atoms with Gasteiger partial charge in [-0.2, -0.15) is 0 Å². The summed E-state index contributed by atoms with van der Waals surface area (Å²) in [6, 6.07) is 0.208. The van der Waals surface area contributed by atoms with E-state index in [9.17, 15) is 4.79 Å². The highest BCUT2D eigenvalue weighted by molar-refractivity contribution is 5.85. The molecule has 1 heterocycles. The standard InChI is InChI=1S/C10H17N3O2/c1-5-7(3)13-8(4)11-12-9(13)10(14)15-6-2/h7H,5-6H2,1-4H3. The van der Waals surface area contributed by atoms with E-state index in [-0.39, 0.29) is 6.04 Å². The van der Waals surface area contributed by atoms with Crippen LogP contribution in [0.2, 0.25) is 0 Å². The number of aromatic nitrogens is 3. The van der Waals surface area contributed by atoms with Crippen LogP contribution in [0.3, 0.4) is 0 Å². The minimum Gasteiger partial charge on any atom is -0.460 e. The first kappa shape index (κ1) is 11.7. The van der Waals surface area contributed by atoms with Gasteiger partial charge in [-0.3, -0.25) is 0 Å². The molecular weight excluding hydrogens is 194 g/mol. The van der Waals surface area contributed by atoms with Crippen LogP contribution in [-0.2, 0) is 4.74 Å². The van der Waals surface area contributed by atoms with Crippen molar-refractivity contribution in [2.75, 3.05) is 6.61 Å². The topological polar surface area (TPSA) is 57.0 Å². The molecule has 0 aliphatic heterocycles. The molecule has 0 aliphatic rings. The van der Waals surface area contributed by atoms with Gasteiger partial charge < -0.3 is 9.30 Å². The molecule has 0 spiro atoms. The molecular formula is C10H17N3O2. The lowest BCUT2D eigenvalue weighted by molar-refractivity contribution is 0.0503. The Morgan fingerprint density at radius 3 is 2.67 bits per heavy atom. The van der Waals surface area contributed by atoms with Crippen LogP contribution in [0, 0.1) is 6.92 Å². The molecule has 0 bridgehead atoms. The molecule has 1 aromatic rings. The average molecular weight is 211 g/mol. The molecule has 1 atom stereocenters. The van der Waals surface area contributed by atoms with E-state index in [0.29, 0.717) is 12.4 Å². The smallest absolute Gasteiger partial charge is 0.376 e. The summed E-state index contributed by atoms with van der Waals surface area (Å²) < 4.78 is 6.73. The molecule has 0 radical (unpaired) electrons. The number of esters is 1. The van der Waals surface area contributed by atoms with E-state index in [4.69, 9.17) is 4.74 Å². The molecule has 1 aromatic heterocycles. The molecule has 0 saturated heterocycles. The molecule has 0 N–H and O–H groups in total. The lowest BCUT2D eigenvalue weighted by Gasteiger charge is -2.14. The fourth-order valence-electron chi connectivity index (χ4n) is 1.41. The summed E-state index contributed by atoms with van der Waals surface area (Å²) in [4.78, 5) is 11.6. The highest BCUT2D eigenvalue weighted by atomic mass is 16.5. The molecule has 0 amide bonds. The van der Waals surface area contributed by atoms with Crippen LogP contribution >= 0.6 is 0 Å². The summed E-state index contributed by atoms with van der Waals surface area (Å²) >= 11 is 0. The SMILES string of the molecule is CCOC(=O)c1nnc(C)n1C(C)CC.